The Morgan fingerprint density at radius 2 is 2.11 bits per heavy atom. The fourth-order valence-electron chi connectivity index (χ4n) is 3.57. The van der Waals surface area contributed by atoms with Crippen LogP contribution in [0.3, 0.4) is 0 Å². The zero-order valence-electron chi connectivity index (χ0n) is 11.7. The van der Waals surface area contributed by atoms with E-state index in [1.165, 1.54) is 12.8 Å². The Labute approximate surface area is 114 Å². The van der Waals surface area contributed by atoms with Crippen molar-refractivity contribution in [1.29, 1.82) is 0 Å². The van der Waals surface area contributed by atoms with Crippen LogP contribution in [0.2, 0.25) is 0 Å². The first-order valence-electron chi connectivity index (χ1n) is 7.23. The van der Waals surface area contributed by atoms with E-state index in [4.69, 9.17) is 0 Å². The maximum Gasteiger partial charge on any atom is 0.269 e. The summed E-state index contributed by atoms with van der Waals surface area (Å²) in [5.41, 5.74) is 0.675. The van der Waals surface area contributed by atoms with Crippen LogP contribution in [0, 0.1) is 0 Å². The van der Waals surface area contributed by atoms with Gasteiger partial charge in [0.15, 0.2) is 0 Å². The molecule has 0 aromatic carbocycles. The first-order chi connectivity index (χ1) is 9.19. The Balaban J connectivity index is 1.65. The summed E-state index contributed by atoms with van der Waals surface area (Å²) < 4.78 is 1.75. The second kappa shape index (κ2) is 4.96. The summed E-state index contributed by atoms with van der Waals surface area (Å²) in [6.45, 7) is 2.73. The van der Waals surface area contributed by atoms with Gasteiger partial charge in [0.1, 0.15) is 5.69 Å². The molecule has 2 bridgehead atoms. The number of aromatic nitrogens is 2. The van der Waals surface area contributed by atoms with Gasteiger partial charge in [-0.2, -0.15) is 5.10 Å². The van der Waals surface area contributed by atoms with Crippen molar-refractivity contribution < 1.29 is 4.79 Å². The number of hydrogen-bond acceptors (Lipinski definition) is 3. The van der Waals surface area contributed by atoms with Crippen molar-refractivity contribution in [3.8, 4) is 0 Å². The lowest BCUT2D eigenvalue weighted by atomic mass is 9.98. The van der Waals surface area contributed by atoms with Gasteiger partial charge >= 0.3 is 0 Å². The molecular formula is C14H22N4O. The number of amides is 1. The molecule has 1 aromatic rings. The Morgan fingerprint density at radius 3 is 2.74 bits per heavy atom. The van der Waals surface area contributed by atoms with Gasteiger partial charge in [0.2, 0.25) is 0 Å². The maximum atomic E-state index is 12.3. The van der Waals surface area contributed by atoms with E-state index in [9.17, 15) is 4.79 Å². The third kappa shape index (κ3) is 2.27. The number of aryl methyl sites for hydroxylation is 1. The number of nitrogens with one attached hydrogen (secondary N) is 1. The monoisotopic (exact) mass is 262 g/mol. The van der Waals surface area contributed by atoms with Gasteiger partial charge in [-0.3, -0.25) is 9.48 Å². The molecule has 0 spiro atoms. The Morgan fingerprint density at radius 1 is 1.42 bits per heavy atom. The van der Waals surface area contributed by atoms with Gasteiger partial charge in [-0.25, -0.2) is 0 Å². The zero-order chi connectivity index (χ0) is 13.4. The minimum absolute atomic E-state index is 0.0216. The van der Waals surface area contributed by atoms with Crippen molar-refractivity contribution >= 4 is 5.91 Å². The molecule has 1 N–H and O–H groups in total. The van der Waals surface area contributed by atoms with E-state index in [2.05, 4.69) is 22.4 Å². The number of nitrogens with zero attached hydrogens (tertiary/aromatic N) is 3. The summed E-state index contributed by atoms with van der Waals surface area (Å²) in [5, 5.41) is 7.34. The van der Waals surface area contributed by atoms with Gasteiger partial charge < -0.3 is 10.2 Å². The molecule has 19 heavy (non-hydrogen) atoms. The van der Waals surface area contributed by atoms with Crippen molar-refractivity contribution in [3.05, 3.63) is 18.0 Å². The quantitative estimate of drug-likeness (QED) is 0.892. The van der Waals surface area contributed by atoms with E-state index in [0.717, 1.165) is 19.4 Å². The van der Waals surface area contributed by atoms with E-state index in [1.807, 2.05) is 6.92 Å². The summed E-state index contributed by atoms with van der Waals surface area (Å²) in [6.07, 6.45) is 6.41. The fraction of sp³-hybridized carbons (Fsp3) is 0.714. The van der Waals surface area contributed by atoms with Crippen molar-refractivity contribution in [1.82, 2.24) is 20.0 Å². The molecule has 1 amide bonds. The molecule has 2 saturated heterocycles. The van der Waals surface area contributed by atoms with Crippen LogP contribution in [-0.2, 0) is 6.54 Å². The summed E-state index contributed by atoms with van der Waals surface area (Å²) in [5.74, 6) is 0.0216. The molecule has 3 heterocycles. The number of carbonyl (C=O) groups excluding carboxylic acids is 1. The molecule has 2 aliphatic heterocycles. The first-order valence-corrected chi connectivity index (χ1v) is 7.23. The summed E-state index contributed by atoms with van der Waals surface area (Å²) >= 11 is 0. The van der Waals surface area contributed by atoms with Crippen LogP contribution in [0.15, 0.2) is 12.3 Å². The molecule has 104 valence electrons. The highest BCUT2D eigenvalue weighted by atomic mass is 16.2. The number of hydrogen-bond donors (Lipinski definition) is 1. The van der Waals surface area contributed by atoms with Crippen LogP contribution in [0.4, 0.5) is 0 Å². The third-order valence-corrected chi connectivity index (χ3v) is 4.68. The predicted octanol–water partition coefficient (Wildman–Crippen LogP) is 1.26. The number of rotatable bonds is 3. The minimum atomic E-state index is 0.0216. The van der Waals surface area contributed by atoms with Gasteiger partial charge in [-0.05, 0) is 45.7 Å². The van der Waals surface area contributed by atoms with Crippen LogP contribution < -0.4 is 5.32 Å². The topological polar surface area (TPSA) is 50.2 Å². The van der Waals surface area contributed by atoms with Crippen LogP contribution >= 0.6 is 0 Å². The van der Waals surface area contributed by atoms with Gasteiger partial charge in [0.25, 0.3) is 5.91 Å². The third-order valence-electron chi connectivity index (χ3n) is 4.68. The lowest BCUT2D eigenvalue weighted by Gasteiger charge is -2.36. The normalized spacial score (nSPS) is 30.5. The Hall–Kier alpha value is -1.36. The number of fused-ring (bicyclic) bond motifs is 2. The van der Waals surface area contributed by atoms with Gasteiger partial charge in [-0.1, -0.05) is 0 Å². The molecule has 0 saturated carbocycles. The highest BCUT2D eigenvalue weighted by Crippen LogP contribution is 2.34. The maximum absolute atomic E-state index is 12.3. The number of piperidine rings is 1. The summed E-state index contributed by atoms with van der Waals surface area (Å²) in [4.78, 5) is 14.8. The molecule has 3 rings (SSSR count). The van der Waals surface area contributed by atoms with Crippen LogP contribution in [-0.4, -0.2) is 45.8 Å². The molecule has 0 aliphatic carbocycles. The summed E-state index contributed by atoms with van der Waals surface area (Å²) in [6, 6.07) is 3.42. The largest absolute Gasteiger partial charge is 0.348 e. The van der Waals surface area contributed by atoms with Crippen LogP contribution in [0.5, 0.6) is 0 Å². The average Bonchev–Trinajstić information content (AvgIpc) is 2.93. The van der Waals surface area contributed by atoms with Crippen LogP contribution in [0.25, 0.3) is 0 Å². The van der Waals surface area contributed by atoms with E-state index >= 15 is 0 Å². The SMILES string of the molecule is CCn1nccc1C(=O)NC1CC2CCC(C1)N2C. The lowest BCUT2D eigenvalue weighted by molar-refractivity contribution is 0.0872. The second-order valence-electron chi connectivity index (χ2n) is 5.72. The molecule has 2 aliphatic rings. The van der Waals surface area contributed by atoms with Crippen molar-refractivity contribution in [2.24, 2.45) is 0 Å². The average molecular weight is 262 g/mol. The molecule has 1 aromatic heterocycles. The molecule has 5 nitrogen and oxygen atoms in total. The zero-order valence-corrected chi connectivity index (χ0v) is 11.7. The van der Waals surface area contributed by atoms with Crippen molar-refractivity contribution in [3.63, 3.8) is 0 Å². The van der Waals surface area contributed by atoms with E-state index < -0.39 is 0 Å². The van der Waals surface area contributed by atoms with E-state index in [-0.39, 0.29) is 5.91 Å². The Kier molecular flexibility index (Phi) is 3.31. The fourth-order valence-corrected chi connectivity index (χ4v) is 3.57. The first kappa shape index (κ1) is 12.7. The number of carbonyl (C=O) groups is 1. The smallest absolute Gasteiger partial charge is 0.269 e. The molecule has 5 heteroatoms. The molecule has 2 unspecified atom stereocenters. The molecule has 2 fully saturated rings. The Bertz CT molecular complexity index is 456. The minimum Gasteiger partial charge on any atom is -0.348 e. The van der Waals surface area contributed by atoms with Gasteiger partial charge in [0.05, 0.1) is 0 Å². The molecule has 0 radical (unpaired) electrons. The summed E-state index contributed by atoms with van der Waals surface area (Å²) in [7, 11) is 2.21. The van der Waals surface area contributed by atoms with Crippen molar-refractivity contribution in [2.75, 3.05) is 7.05 Å². The highest BCUT2D eigenvalue weighted by molar-refractivity contribution is 5.92. The van der Waals surface area contributed by atoms with E-state index in [1.54, 1.807) is 16.9 Å². The van der Waals surface area contributed by atoms with Crippen molar-refractivity contribution in [2.45, 2.75) is 57.3 Å². The second-order valence-corrected chi connectivity index (χ2v) is 5.72. The van der Waals surface area contributed by atoms with Gasteiger partial charge in [-0.15, -0.1) is 0 Å². The van der Waals surface area contributed by atoms with E-state index in [0.29, 0.717) is 23.8 Å². The lowest BCUT2D eigenvalue weighted by Crippen LogP contribution is -2.49. The van der Waals surface area contributed by atoms with Crippen LogP contribution in [0.1, 0.15) is 43.1 Å². The highest BCUT2D eigenvalue weighted by Gasteiger charge is 2.38. The molecular weight excluding hydrogens is 240 g/mol. The predicted molar refractivity (Wildman–Crippen MR) is 73.0 cm³/mol. The van der Waals surface area contributed by atoms with Gasteiger partial charge in [0, 0.05) is 30.9 Å². The molecule has 2 atom stereocenters. The standard InChI is InChI=1S/C14H22N4O/c1-3-18-13(6-7-15-18)14(19)16-10-8-11-4-5-12(9-10)17(11)2/h6-7,10-12H,3-5,8-9H2,1-2H3,(H,16,19).